The van der Waals surface area contributed by atoms with Gasteiger partial charge in [-0.15, -0.1) is 0 Å². The molecule has 0 unspecified atom stereocenters. The SMILES string of the molecule is CCc1ccc(N(CC(=O)N(Cc2ccccc2)c2ccccc2)C(C)=O)cc1. The molecule has 148 valence electrons. The summed E-state index contributed by atoms with van der Waals surface area (Å²) >= 11 is 0. The molecule has 0 fully saturated rings. The van der Waals surface area contributed by atoms with Crippen molar-refractivity contribution in [2.24, 2.45) is 0 Å². The Labute approximate surface area is 172 Å². The predicted octanol–water partition coefficient (Wildman–Crippen LogP) is 4.84. The third kappa shape index (κ3) is 5.32. The second-order valence-electron chi connectivity index (χ2n) is 6.93. The molecule has 29 heavy (non-hydrogen) atoms. The fourth-order valence-electron chi connectivity index (χ4n) is 3.21. The van der Waals surface area contributed by atoms with Gasteiger partial charge in [0.25, 0.3) is 0 Å². The maximum absolute atomic E-state index is 13.3. The molecular weight excluding hydrogens is 360 g/mol. The van der Waals surface area contributed by atoms with E-state index >= 15 is 0 Å². The van der Waals surface area contributed by atoms with E-state index in [-0.39, 0.29) is 18.4 Å². The van der Waals surface area contributed by atoms with Crippen LogP contribution in [0.1, 0.15) is 25.0 Å². The fourth-order valence-corrected chi connectivity index (χ4v) is 3.21. The number of para-hydroxylation sites is 1. The van der Waals surface area contributed by atoms with Gasteiger partial charge in [-0.3, -0.25) is 9.59 Å². The monoisotopic (exact) mass is 386 g/mol. The number of hydrogen-bond acceptors (Lipinski definition) is 2. The normalized spacial score (nSPS) is 10.4. The first-order valence-corrected chi connectivity index (χ1v) is 9.85. The van der Waals surface area contributed by atoms with Crippen LogP contribution in [0.2, 0.25) is 0 Å². The van der Waals surface area contributed by atoms with Gasteiger partial charge in [-0.05, 0) is 41.8 Å². The predicted molar refractivity (Wildman–Crippen MR) is 118 cm³/mol. The molecular formula is C25H26N2O2. The Morgan fingerprint density at radius 1 is 0.690 bits per heavy atom. The maximum Gasteiger partial charge on any atom is 0.247 e. The van der Waals surface area contributed by atoms with Crippen LogP contribution in [0.15, 0.2) is 84.9 Å². The molecule has 0 aliphatic carbocycles. The molecule has 4 heteroatoms. The van der Waals surface area contributed by atoms with Gasteiger partial charge in [0.1, 0.15) is 6.54 Å². The lowest BCUT2D eigenvalue weighted by atomic mass is 10.1. The van der Waals surface area contributed by atoms with E-state index in [1.165, 1.54) is 17.4 Å². The van der Waals surface area contributed by atoms with E-state index in [1.54, 1.807) is 4.90 Å². The largest absolute Gasteiger partial charge is 0.306 e. The second kappa shape index (κ2) is 9.69. The van der Waals surface area contributed by atoms with Crippen LogP contribution in [0.4, 0.5) is 11.4 Å². The molecule has 3 aromatic carbocycles. The van der Waals surface area contributed by atoms with Gasteiger partial charge in [0, 0.05) is 18.3 Å². The summed E-state index contributed by atoms with van der Waals surface area (Å²) in [5, 5.41) is 0. The smallest absolute Gasteiger partial charge is 0.247 e. The Morgan fingerprint density at radius 3 is 1.79 bits per heavy atom. The van der Waals surface area contributed by atoms with Crippen LogP contribution in [0.25, 0.3) is 0 Å². The zero-order valence-electron chi connectivity index (χ0n) is 16.9. The molecule has 3 aromatic rings. The van der Waals surface area contributed by atoms with Crippen molar-refractivity contribution in [3.8, 4) is 0 Å². The van der Waals surface area contributed by atoms with E-state index in [0.717, 1.165) is 23.4 Å². The van der Waals surface area contributed by atoms with Crippen molar-refractivity contribution in [2.45, 2.75) is 26.8 Å². The van der Waals surface area contributed by atoms with Crippen molar-refractivity contribution in [2.75, 3.05) is 16.3 Å². The van der Waals surface area contributed by atoms with Crippen LogP contribution >= 0.6 is 0 Å². The number of nitrogens with zero attached hydrogens (tertiary/aromatic N) is 2. The Bertz CT molecular complexity index is 938. The molecule has 2 amide bonds. The van der Waals surface area contributed by atoms with Crippen LogP contribution < -0.4 is 9.80 Å². The zero-order valence-corrected chi connectivity index (χ0v) is 16.9. The van der Waals surface area contributed by atoms with Crippen LogP contribution in [0.5, 0.6) is 0 Å². The number of benzene rings is 3. The summed E-state index contributed by atoms with van der Waals surface area (Å²) in [4.78, 5) is 28.9. The summed E-state index contributed by atoms with van der Waals surface area (Å²) in [5.41, 5.74) is 3.77. The number of amides is 2. The highest BCUT2D eigenvalue weighted by Crippen LogP contribution is 2.20. The van der Waals surface area contributed by atoms with Crippen LogP contribution in [-0.2, 0) is 22.6 Å². The molecule has 0 bridgehead atoms. The van der Waals surface area contributed by atoms with E-state index in [9.17, 15) is 9.59 Å². The summed E-state index contributed by atoms with van der Waals surface area (Å²) in [6, 6.07) is 27.2. The fraction of sp³-hybridized carbons (Fsp3) is 0.200. The van der Waals surface area contributed by atoms with Crippen molar-refractivity contribution in [1.82, 2.24) is 0 Å². The lowest BCUT2D eigenvalue weighted by Gasteiger charge is -2.27. The topological polar surface area (TPSA) is 40.6 Å². The molecule has 0 spiro atoms. The molecule has 0 aliphatic heterocycles. The second-order valence-corrected chi connectivity index (χ2v) is 6.93. The first-order valence-electron chi connectivity index (χ1n) is 9.85. The van der Waals surface area contributed by atoms with E-state index in [1.807, 2.05) is 84.9 Å². The summed E-state index contributed by atoms with van der Waals surface area (Å²) in [6.45, 7) is 4.01. The van der Waals surface area contributed by atoms with Gasteiger partial charge in [0.05, 0.1) is 6.54 Å². The van der Waals surface area contributed by atoms with Gasteiger partial charge in [0.2, 0.25) is 11.8 Å². The van der Waals surface area contributed by atoms with Crippen molar-refractivity contribution in [1.29, 1.82) is 0 Å². The number of aryl methyl sites for hydroxylation is 1. The van der Waals surface area contributed by atoms with Crippen molar-refractivity contribution in [3.05, 3.63) is 96.1 Å². The van der Waals surface area contributed by atoms with Gasteiger partial charge in [-0.25, -0.2) is 0 Å². The minimum absolute atomic E-state index is 0.0114. The van der Waals surface area contributed by atoms with E-state index < -0.39 is 0 Å². The number of rotatable bonds is 7. The molecule has 0 saturated carbocycles. The minimum atomic E-state index is -0.157. The number of hydrogen-bond donors (Lipinski definition) is 0. The molecule has 0 N–H and O–H groups in total. The van der Waals surface area contributed by atoms with E-state index in [4.69, 9.17) is 0 Å². The molecule has 0 saturated heterocycles. The standard InChI is InChI=1S/C25H26N2O2/c1-3-21-14-16-24(17-15-21)26(20(2)28)19-25(29)27(23-12-8-5-9-13-23)18-22-10-6-4-7-11-22/h4-17H,3,18-19H2,1-2H3. The highest BCUT2D eigenvalue weighted by molar-refractivity contribution is 6.02. The summed E-state index contributed by atoms with van der Waals surface area (Å²) in [6.07, 6.45) is 0.929. The van der Waals surface area contributed by atoms with Gasteiger partial charge in [-0.1, -0.05) is 67.6 Å². The highest BCUT2D eigenvalue weighted by Gasteiger charge is 2.22. The summed E-state index contributed by atoms with van der Waals surface area (Å²) in [5.74, 6) is -0.287. The Kier molecular flexibility index (Phi) is 6.80. The lowest BCUT2D eigenvalue weighted by molar-refractivity contribution is -0.121. The Balaban J connectivity index is 1.86. The van der Waals surface area contributed by atoms with E-state index in [0.29, 0.717) is 6.54 Å². The number of carbonyl (C=O) groups is 2. The lowest BCUT2D eigenvalue weighted by Crippen LogP contribution is -2.42. The van der Waals surface area contributed by atoms with Crippen molar-refractivity contribution >= 4 is 23.2 Å². The molecule has 0 heterocycles. The molecule has 0 atom stereocenters. The first-order chi connectivity index (χ1) is 14.1. The number of carbonyl (C=O) groups excluding carboxylic acids is 2. The third-order valence-electron chi connectivity index (χ3n) is 4.88. The van der Waals surface area contributed by atoms with Gasteiger partial charge < -0.3 is 9.80 Å². The zero-order chi connectivity index (χ0) is 20.6. The number of anilines is 2. The van der Waals surface area contributed by atoms with Gasteiger partial charge >= 0.3 is 0 Å². The Hall–Kier alpha value is -3.40. The summed E-state index contributed by atoms with van der Waals surface area (Å²) < 4.78 is 0. The molecule has 0 radical (unpaired) electrons. The van der Waals surface area contributed by atoms with Crippen LogP contribution in [-0.4, -0.2) is 18.4 Å². The maximum atomic E-state index is 13.3. The van der Waals surface area contributed by atoms with Crippen molar-refractivity contribution < 1.29 is 9.59 Å². The minimum Gasteiger partial charge on any atom is -0.306 e. The molecule has 3 rings (SSSR count). The van der Waals surface area contributed by atoms with Crippen LogP contribution in [0, 0.1) is 0 Å². The van der Waals surface area contributed by atoms with Gasteiger partial charge in [0.15, 0.2) is 0 Å². The van der Waals surface area contributed by atoms with Gasteiger partial charge in [-0.2, -0.15) is 0 Å². The van der Waals surface area contributed by atoms with Crippen LogP contribution in [0.3, 0.4) is 0 Å². The molecule has 0 aromatic heterocycles. The summed E-state index contributed by atoms with van der Waals surface area (Å²) in [7, 11) is 0. The molecule has 4 nitrogen and oxygen atoms in total. The third-order valence-corrected chi connectivity index (χ3v) is 4.88. The highest BCUT2D eigenvalue weighted by atomic mass is 16.2. The van der Waals surface area contributed by atoms with Crippen molar-refractivity contribution in [3.63, 3.8) is 0 Å². The first kappa shape index (κ1) is 20.3. The van der Waals surface area contributed by atoms with E-state index in [2.05, 4.69) is 6.92 Å². The Morgan fingerprint density at radius 2 is 1.24 bits per heavy atom. The quantitative estimate of drug-likeness (QED) is 0.583. The average molecular weight is 386 g/mol. The average Bonchev–Trinajstić information content (AvgIpc) is 2.77. The molecule has 0 aliphatic rings.